The lowest BCUT2D eigenvalue weighted by Gasteiger charge is -2.07. The fraction of sp³-hybridized carbons (Fsp3) is 0. The standard InChI is InChI=1S/C16H11NO5S/c18-17(19)14-6-8-15(9-7-14)22-23(20,21)16-10-5-12-3-1-2-4-13(12)11-16/h1-11H. The highest BCUT2D eigenvalue weighted by Gasteiger charge is 2.17. The molecule has 116 valence electrons. The van der Waals surface area contributed by atoms with Gasteiger partial charge >= 0.3 is 10.1 Å². The largest absolute Gasteiger partial charge is 0.379 e. The van der Waals surface area contributed by atoms with Gasteiger partial charge in [-0.05, 0) is 35.0 Å². The molecule has 23 heavy (non-hydrogen) atoms. The zero-order chi connectivity index (χ0) is 16.4. The molecule has 0 aliphatic heterocycles. The molecule has 0 aromatic heterocycles. The van der Waals surface area contributed by atoms with Crippen molar-refractivity contribution in [2.24, 2.45) is 0 Å². The molecule has 0 heterocycles. The molecule has 0 radical (unpaired) electrons. The second-order valence-corrected chi connectivity index (χ2v) is 6.34. The summed E-state index contributed by atoms with van der Waals surface area (Å²) in [6, 6.07) is 16.9. The Kier molecular flexibility index (Phi) is 3.71. The summed E-state index contributed by atoms with van der Waals surface area (Å²) in [4.78, 5) is 10.0. The number of nitro benzene ring substituents is 1. The predicted octanol–water partition coefficient (Wildman–Crippen LogP) is 3.52. The van der Waals surface area contributed by atoms with Crippen molar-refractivity contribution < 1.29 is 17.5 Å². The van der Waals surface area contributed by atoms with Gasteiger partial charge < -0.3 is 4.18 Å². The first kappa shape index (κ1) is 15.0. The smallest absolute Gasteiger partial charge is 0.339 e. The zero-order valence-electron chi connectivity index (χ0n) is 11.7. The van der Waals surface area contributed by atoms with Gasteiger partial charge in [0, 0.05) is 12.1 Å². The summed E-state index contributed by atoms with van der Waals surface area (Å²) in [5.74, 6) is 0.0174. The average Bonchev–Trinajstić information content (AvgIpc) is 2.54. The molecule has 6 nitrogen and oxygen atoms in total. The third kappa shape index (κ3) is 3.14. The van der Waals surface area contributed by atoms with Crippen LogP contribution in [-0.4, -0.2) is 13.3 Å². The van der Waals surface area contributed by atoms with Gasteiger partial charge in [0.2, 0.25) is 0 Å². The Hall–Kier alpha value is -2.93. The molecule has 0 unspecified atom stereocenters. The summed E-state index contributed by atoms with van der Waals surface area (Å²) in [5.41, 5.74) is -0.138. The van der Waals surface area contributed by atoms with Crippen molar-refractivity contribution in [2.45, 2.75) is 4.90 Å². The molecule has 0 atom stereocenters. The minimum absolute atomic E-state index is 0.0174. The van der Waals surface area contributed by atoms with Crippen LogP contribution >= 0.6 is 0 Å². The Balaban J connectivity index is 1.92. The molecule has 0 spiro atoms. The van der Waals surface area contributed by atoms with E-state index in [2.05, 4.69) is 0 Å². The molecule has 0 saturated heterocycles. The first-order valence-electron chi connectivity index (χ1n) is 6.63. The molecule has 0 amide bonds. The first-order valence-corrected chi connectivity index (χ1v) is 8.04. The van der Waals surface area contributed by atoms with Crippen molar-refractivity contribution in [3.05, 3.63) is 76.8 Å². The van der Waals surface area contributed by atoms with E-state index < -0.39 is 15.0 Å². The third-order valence-corrected chi connectivity index (χ3v) is 4.51. The monoisotopic (exact) mass is 329 g/mol. The second kappa shape index (κ2) is 5.69. The van der Waals surface area contributed by atoms with Crippen molar-refractivity contribution in [3.63, 3.8) is 0 Å². The Labute approximate surface area is 132 Å². The topological polar surface area (TPSA) is 86.5 Å². The van der Waals surface area contributed by atoms with Gasteiger partial charge in [-0.25, -0.2) is 0 Å². The molecule has 7 heteroatoms. The number of hydrogen-bond donors (Lipinski definition) is 0. The summed E-state index contributed by atoms with van der Waals surface area (Å²) in [6.07, 6.45) is 0. The van der Waals surface area contributed by atoms with Crippen LogP contribution in [0.2, 0.25) is 0 Å². The highest BCUT2D eigenvalue weighted by molar-refractivity contribution is 7.87. The van der Waals surface area contributed by atoms with Crippen LogP contribution in [0.25, 0.3) is 10.8 Å². The van der Waals surface area contributed by atoms with Gasteiger partial charge in [-0.1, -0.05) is 30.3 Å². The summed E-state index contributed by atoms with van der Waals surface area (Å²) in [7, 11) is -4.01. The van der Waals surface area contributed by atoms with Gasteiger partial charge in [-0.15, -0.1) is 0 Å². The van der Waals surface area contributed by atoms with Crippen molar-refractivity contribution in [1.82, 2.24) is 0 Å². The molecule has 3 aromatic carbocycles. The van der Waals surface area contributed by atoms with E-state index in [9.17, 15) is 18.5 Å². The van der Waals surface area contributed by atoms with E-state index in [1.165, 1.54) is 36.4 Å². The van der Waals surface area contributed by atoms with E-state index >= 15 is 0 Å². The summed E-state index contributed by atoms with van der Waals surface area (Å²) >= 11 is 0. The molecule has 3 rings (SSSR count). The van der Waals surface area contributed by atoms with E-state index in [0.29, 0.717) is 0 Å². The Morgan fingerprint density at radius 2 is 1.52 bits per heavy atom. The highest BCUT2D eigenvalue weighted by atomic mass is 32.2. The number of non-ortho nitro benzene ring substituents is 1. The predicted molar refractivity (Wildman–Crippen MR) is 84.9 cm³/mol. The average molecular weight is 329 g/mol. The molecule has 3 aromatic rings. The fourth-order valence-electron chi connectivity index (χ4n) is 2.12. The fourth-order valence-corrected chi connectivity index (χ4v) is 3.09. The number of fused-ring (bicyclic) bond motifs is 1. The van der Waals surface area contributed by atoms with Crippen molar-refractivity contribution in [1.29, 1.82) is 0 Å². The molecule has 0 aliphatic rings. The maximum atomic E-state index is 12.3. The van der Waals surface area contributed by atoms with Gasteiger partial charge in [-0.2, -0.15) is 8.42 Å². The maximum Gasteiger partial charge on any atom is 0.339 e. The van der Waals surface area contributed by atoms with Crippen molar-refractivity contribution in [2.75, 3.05) is 0 Å². The minimum Gasteiger partial charge on any atom is -0.379 e. The lowest BCUT2D eigenvalue weighted by atomic mass is 10.1. The van der Waals surface area contributed by atoms with Crippen molar-refractivity contribution >= 4 is 26.6 Å². The van der Waals surface area contributed by atoms with E-state index in [0.717, 1.165) is 10.8 Å². The van der Waals surface area contributed by atoms with Gasteiger partial charge in [0.15, 0.2) is 0 Å². The number of benzene rings is 3. The molecule has 0 fully saturated rings. The van der Waals surface area contributed by atoms with E-state index in [1.807, 2.05) is 18.2 Å². The van der Waals surface area contributed by atoms with Crippen LogP contribution in [0.3, 0.4) is 0 Å². The first-order chi connectivity index (χ1) is 11.0. The van der Waals surface area contributed by atoms with Gasteiger partial charge in [0.25, 0.3) is 5.69 Å². The van der Waals surface area contributed by atoms with Crippen LogP contribution in [0.4, 0.5) is 5.69 Å². The maximum absolute atomic E-state index is 12.3. The Bertz CT molecular complexity index is 981. The van der Waals surface area contributed by atoms with E-state index in [1.54, 1.807) is 12.1 Å². The van der Waals surface area contributed by atoms with Gasteiger partial charge in [0.1, 0.15) is 10.6 Å². The number of nitrogens with zero attached hydrogens (tertiary/aromatic N) is 1. The number of nitro groups is 1. The molecular weight excluding hydrogens is 318 g/mol. The minimum atomic E-state index is -4.01. The Morgan fingerprint density at radius 1 is 0.870 bits per heavy atom. The molecule has 0 bridgehead atoms. The van der Waals surface area contributed by atoms with Crippen LogP contribution in [0, 0.1) is 10.1 Å². The summed E-state index contributed by atoms with van der Waals surface area (Å²) < 4.78 is 29.6. The van der Waals surface area contributed by atoms with Crippen LogP contribution in [0.15, 0.2) is 71.6 Å². The van der Waals surface area contributed by atoms with Gasteiger partial charge in [-0.3, -0.25) is 10.1 Å². The normalized spacial score (nSPS) is 11.3. The Morgan fingerprint density at radius 3 is 2.17 bits per heavy atom. The van der Waals surface area contributed by atoms with Crippen LogP contribution in [-0.2, 0) is 10.1 Å². The lowest BCUT2D eigenvalue weighted by Crippen LogP contribution is -2.09. The van der Waals surface area contributed by atoms with Crippen LogP contribution < -0.4 is 4.18 Å². The molecule has 0 aliphatic carbocycles. The lowest BCUT2D eigenvalue weighted by molar-refractivity contribution is -0.384. The van der Waals surface area contributed by atoms with Crippen molar-refractivity contribution in [3.8, 4) is 5.75 Å². The second-order valence-electron chi connectivity index (χ2n) is 4.80. The van der Waals surface area contributed by atoms with E-state index in [-0.39, 0.29) is 16.3 Å². The van der Waals surface area contributed by atoms with Crippen LogP contribution in [0.5, 0.6) is 5.75 Å². The summed E-state index contributed by atoms with van der Waals surface area (Å²) in [5, 5.41) is 12.3. The molecule has 0 N–H and O–H groups in total. The summed E-state index contributed by atoms with van der Waals surface area (Å²) in [6.45, 7) is 0. The SMILES string of the molecule is O=[N+]([O-])c1ccc(OS(=O)(=O)c2ccc3ccccc3c2)cc1. The molecular formula is C16H11NO5S. The molecule has 0 saturated carbocycles. The quantitative estimate of drug-likeness (QED) is 0.415. The third-order valence-electron chi connectivity index (χ3n) is 3.26. The van der Waals surface area contributed by atoms with Gasteiger partial charge in [0.05, 0.1) is 4.92 Å². The van der Waals surface area contributed by atoms with Crippen LogP contribution in [0.1, 0.15) is 0 Å². The van der Waals surface area contributed by atoms with E-state index in [4.69, 9.17) is 4.18 Å². The zero-order valence-corrected chi connectivity index (χ0v) is 12.6. The highest BCUT2D eigenvalue weighted by Crippen LogP contribution is 2.24. The number of hydrogen-bond acceptors (Lipinski definition) is 5. The number of rotatable bonds is 4.